The van der Waals surface area contributed by atoms with E-state index in [2.05, 4.69) is 5.32 Å². The Morgan fingerprint density at radius 3 is 2.81 bits per heavy atom. The summed E-state index contributed by atoms with van der Waals surface area (Å²) in [5.41, 5.74) is 2.15. The predicted molar refractivity (Wildman–Crippen MR) is 63.1 cm³/mol. The number of hydrogen-bond donors (Lipinski definition) is 2. The number of carboxylic acid groups (broad SMARTS) is 1. The van der Waals surface area contributed by atoms with Gasteiger partial charge in [-0.05, 0) is 31.5 Å². The highest BCUT2D eigenvalue weighted by Gasteiger charge is 2.08. The van der Waals surface area contributed by atoms with Crippen LogP contribution in [0, 0.1) is 6.92 Å². The summed E-state index contributed by atoms with van der Waals surface area (Å²) >= 11 is 0. The fourth-order valence-corrected chi connectivity index (χ4v) is 1.47. The second-order valence-corrected chi connectivity index (χ2v) is 3.84. The number of aryl methyl sites for hydroxylation is 1. The van der Waals surface area contributed by atoms with Crippen LogP contribution in [0.25, 0.3) is 0 Å². The highest BCUT2D eigenvalue weighted by molar-refractivity contribution is 5.89. The number of hydrogen-bond acceptors (Lipinski definition) is 3. The van der Waals surface area contributed by atoms with Crippen molar-refractivity contribution in [1.29, 1.82) is 0 Å². The smallest absolute Gasteiger partial charge is 0.335 e. The van der Waals surface area contributed by atoms with Crippen LogP contribution >= 0.6 is 0 Å². The molecule has 1 unspecified atom stereocenters. The number of anilines is 1. The van der Waals surface area contributed by atoms with E-state index < -0.39 is 5.97 Å². The number of aromatic carboxylic acids is 1. The minimum atomic E-state index is -0.914. The fraction of sp³-hybridized carbons (Fsp3) is 0.417. The van der Waals surface area contributed by atoms with E-state index in [0.29, 0.717) is 6.61 Å². The van der Waals surface area contributed by atoms with Gasteiger partial charge in [0.25, 0.3) is 0 Å². The quantitative estimate of drug-likeness (QED) is 0.803. The molecule has 0 aromatic heterocycles. The monoisotopic (exact) mass is 223 g/mol. The Kier molecular flexibility index (Phi) is 4.31. The molecule has 1 aromatic carbocycles. The van der Waals surface area contributed by atoms with Crippen LogP contribution in [-0.4, -0.2) is 30.8 Å². The molecular weight excluding hydrogens is 206 g/mol. The molecule has 0 heterocycles. The van der Waals surface area contributed by atoms with Crippen molar-refractivity contribution in [2.45, 2.75) is 19.9 Å². The summed E-state index contributed by atoms with van der Waals surface area (Å²) in [6.45, 7) is 4.50. The van der Waals surface area contributed by atoms with Gasteiger partial charge in [-0.2, -0.15) is 0 Å². The van der Waals surface area contributed by atoms with Gasteiger partial charge in [-0.25, -0.2) is 4.79 Å². The third kappa shape index (κ3) is 3.24. The fourth-order valence-electron chi connectivity index (χ4n) is 1.47. The summed E-state index contributed by atoms with van der Waals surface area (Å²) in [6, 6.07) is 5.19. The number of carboxylic acids is 1. The highest BCUT2D eigenvalue weighted by atomic mass is 16.5. The normalized spacial score (nSPS) is 12.2. The molecule has 0 bridgehead atoms. The van der Waals surface area contributed by atoms with Crippen molar-refractivity contribution in [3.05, 3.63) is 29.3 Å². The molecule has 0 aliphatic rings. The Morgan fingerprint density at radius 2 is 2.25 bits per heavy atom. The number of carbonyl (C=O) groups is 1. The van der Waals surface area contributed by atoms with E-state index in [4.69, 9.17) is 9.84 Å². The van der Waals surface area contributed by atoms with E-state index in [-0.39, 0.29) is 11.6 Å². The molecular formula is C12H17NO3. The maximum absolute atomic E-state index is 10.8. The first kappa shape index (κ1) is 12.5. The minimum Gasteiger partial charge on any atom is -0.478 e. The lowest BCUT2D eigenvalue weighted by Crippen LogP contribution is -2.21. The molecule has 0 radical (unpaired) electrons. The summed E-state index contributed by atoms with van der Waals surface area (Å²) in [6.07, 6.45) is 0. The maximum atomic E-state index is 10.8. The van der Waals surface area contributed by atoms with Crippen LogP contribution in [0.15, 0.2) is 18.2 Å². The predicted octanol–water partition coefficient (Wildman–Crippen LogP) is 2.14. The van der Waals surface area contributed by atoms with Crippen LogP contribution in [0.5, 0.6) is 0 Å². The molecule has 0 aliphatic carbocycles. The topological polar surface area (TPSA) is 58.6 Å². The average molecular weight is 223 g/mol. The summed E-state index contributed by atoms with van der Waals surface area (Å²) < 4.78 is 5.01. The van der Waals surface area contributed by atoms with Crippen LogP contribution in [0.4, 0.5) is 5.69 Å². The van der Waals surface area contributed by atoms with Gasteiger partial charge >= 0.3 is 5.97 Å². The van der Waals surface area contributed by atoms with Crippen LogP contribution in [-0.2, 0) is 4.74 Å². The SMILES string of the molecule is COCC(C)Nc1cc(C(=O)O)ccc1C. The van der Waals surface area contributed by atoms with Crippen molar-refractivity contribution in [1.82, 2.24) is 0 Å². The van der Waals surface area contributed by atoms with Gasteiger partial charge in [0, 0.05) is 18.8 Å². The Balaban J connectivity index is 2.85. The van der Waals surface area contributed by atoms with Crippen molar-refractivity contribution in [3.63, 3.8) is 0 Å². The largest absolute Gasteiger partial charge is 0.478 e. The van der Waals surface area contributed by atoms with Crippen molar-refractivity contribution >= 4 is 11.7 Å². The molecule has 2 N–H and O–H groups in total. The number of methoxy groups -OCH3 is 1. The van der Waals surface area contributed by atoms with Gasteiger partial charge in [-0.15, -0.1) is 0 Å². The zero-order valence-corrected chi connectivity index (χ0v) is 9.78. The van der Waals surface area contributed by atoms with E-state index in [1.807, 2.05) is 13.8 Å². The van der Waals surface area contributed by atoms with Gasteiger partial charge < -0.3 is 15.2 Å². The van der Waals surface area contributed by atoms with Gasteiger partial charge in [0.05, 0.1) is 12.2 Å². The van der Waals surface area contributed by atoms with E-state index in [1.165, 1.54) is 0 Å². The van der Waals surface area contributed by atoms with Crippen molar-refractivity contribution in [2.75, 3.05) is 19.0 Å². The molecule has 4 nitrogen and oxygen atoms in total. The van der Waals surface area contributed by atoms with E-state index in [9.17, 15) is 4.79 Å². The van der Waals surface area contributed by atoms with Gasteiger partial charge in [0.2, 0.25) is 0 Å². The summed E-state index contributed by atoms with van der Waals surface area (Å²) in [5.74, 6) is -0.914. The Hall–Kier alpha value is -1.55. The van der Waals surface area contributed by atoms with Crippen LogP contribution < -0.4 is 5.32 Å². The van der Waals surface area contributed by atoms with Crippen LogP contribution in [0.1, 0.15) is 22.8 Å². The minimum absolute atomic E-state index is 0.146. The van der Waals surface area contributed by atoms with E-state index in [0.717, 1.165) is 11.3 Å². The van der Waals surface area contributed by atoms with Gasteiger partial charge in [0.15, 0.2) is 0 Å². The molecule has 1 atom stereocenters. The standard InChI is InChI=1S/C12H17NO3/c1-8-4-5-10(12(14)15)6-11(8)13-9(2)7-16-3/h4-6,9,13H,7H2,1-3H3,(H,14,15). The second-order valence-electron chi connectivity index (χ2n) is 3.84. The number of ether oxygens (including phenoxy) is 1. The number of nitrogens with one attached hydrogen (secondary N) is 1. The first-order valence-corrected chi connectivity index (χ1v) is 5.14. The first-order valence-electron chi connectivity index (χ1n) is 5.14. The summed E-state index contributed by atoms with van der Waals surface area (Å²) in [7, 11) is 1.64. The summed E-state index contributed by atoms with van der Waals surface area (Å²) in [4.78, 5) is 10.8. The molecule has 16 heavy (non-hydrogen) atoms. The molecule has 0 amide bonds. The number of rotatable bonds is 5. The maximum Gasteiger partial charge on any atom is 0.335 e. The zero-order valence-electron chi connectivity index (χ0n) is 9.78. The van der Waals surface area contributed by atoms with E-state index >= 15 is 0 Å². The molecule has 4 heteroatoms. The zero-order chi connectivity index (χ0) is 12.1. The Bertz CT molecular complexity index is 377. The third-order valence-corrected chi connectivity index (χ3v) is 2.30. The average Bonchev–Trinajstić information content (AvgIpc) is 2.21. The highest BCUT2D eigenvalue weighted by Crippen LogP contribution is 2.17. The molecule has 88 valence electrons. The number of benzene rings is 1. The molecule has 0 fully saturated rings. The molecule has 0 saturated carbocycles. The van der Waals surface area contributed by atoms with Crippen LogP contribution in [0.2, 0.25) is 0 Å². The summed E-state index contributed by atoms with van der Waals surface area (Å²) in [5, 5.41) is 12.1. The molecule has 1 rings (SSSR count). The molecule has 1 aromatic rings. The van der Waals surface area contributed by atoms with Gasteiger partial charge in [0.1, 0.15) is 0 Å². The molecule has 0 aliphatic heterocycles. The van der Waals surface area contributed by atoms with Gasteiger partial charge in [-0.1, -0.05) is 6.07 Å². The van der Waals surface area contributed by atoms with Crippen molar-refractivity contribution in [3.8, 4) is 0 Å². The molecule has 0 saturated heterocycles. The first-order chi connectivity index (χ1) is 7.54. The molecule has 0 spiro atoms. The Labute approximate surface area is 95.2 Å². The van der Waals surface area contributed by atoms with Crippen LogP contribution in [0.3, 0.4) is 0 Å². The van der Waals surface area contributed by atoms with Gasteiger partial charge in [-0.3, -0.25) is 0 Å². The Morgan fingerprint density at radius 1 is 1.56 bits per heavy atom. The lowest BCUT2D eigenvalue weighted by atomic mass is 10.1. The lowest BCUT2D eigenvalue weighted by Gasteiger charge is -2.16. The third-order valence-electron chi connectivity index (χ3n) is 2.30. The van der Waals surface area contributed by atoms with E-state index in [1.54, 1.807) is 25.3 Å². The van der Waals surface area contributed by atoms with Crippen molar-refractivity contribution < 1.29 is 14.6 Å². The second kappa shape index (κ2) is 5.51. The van der Waals surface area contributed by atoms with Crippen molar-refractivity contribution in [2.24, 2.45) is 0 Å². The lowest BCUT2D eigenvalue weighted by molar-refractivity contribution is 0.0697.